The van der Waals surface area contributed by atoms with E-state index in [-0.39, 0.29) is 5.91 Å². The molecule has 0 saturated carbocycles. The fourth-order valence-corrected chi connectivity index (χ4v) is 1.47. The summed E-state index contributed by atoms with van der Waals surface area (Å²) in [6.45, 7) is 5.02. The first kappa shape index (κ1) is 9.19. The van der Waals surface area contributed by atoms with Gasteiger partial charge in [0, 0.05) is 18.7 Å². The largest absolute Gasteiger partial charge is 0.296 e. The van der Waals surface area contributed by atoms with E-state index in [1.165, 1.54) is 0 Å². The Morgan fingerprint density at radius 1 is 1.43 bits per heavy atom. The number of hydrogen-bond acceptors (Lipinski definition) is 2. The molecule has 1 aromatic heterocycles. The van der Waals surface area contributed by atoms with Gasteiger partial charge in [0.05, 0.1) is 0 Å². The van der Waals surface area contributed by atoms with Crippen molar-refractivity contribution in [3.8, 4) is 0 Å². The first-order chi connectivity index (χ1) is 6.68. The number of amides is 1. The third-order valence-corrected chi connectivity index (χ3v) is 2.47. The molecule has 0 aliphatic carbocycles. The number of aromatic nitrogens is 1. The summed E-state index contributed by atoms with van der Waals surface area (Å²) < 4.78 is 0. The summed E-state index contributed by atoms with van der Waals surface area (Å²) in [7, 11) is 0. The van der Waals surface area contributed by atoms with Gasteiger partial charge in [0.2, 0.25) is 5.91 Å². The van der Waals surface area contributed by atoms with Gasteiger partial charge in [0.15, 0.2) is 0 Å². The number of β-lactam (4-membered cyclic amide) rings is 1. The number of anilines is 1. The van der Waals surface area contributed by atoms with E-state index < -0.39 is 0 Å². The standard InChI is InChI=1S/C11H14N2O/c1-8(2)9-4-3-5-10(12-9)13-7-6-11(13)14/h3-5,8H,6-7H2,1-2H3. The van der Waals surface area contributed by atoms with Crippen LogP contribution in [-0.4, -0.2) is 17.4 Å². The van der Waals surface area contributed by atoms with Crippen LogP contribution in [0.3, 0.4) is 0 Å². The first-order valence-electron chi connectivity index (χ1n) is 4.96. The monoisotopic (exact) mass is 190 g/mol. The predicted molar refractivity (Wildman–Crippen MR) is 55.3 cm³/mol. The van der Waals surface area contributed by atoms with Crippen molar-refractivity contribution in [3.05, 3.63) is 23.9 Å². The van der Waals surface area contributed by atoms with Crippen LogP contribution in [0.5, 0.6) is 0 Å². The van der Waals surface area contributed by atoms with Crippen LogP contribution < -0.4 is 4.90 Å². The highest BCUT2D eigenvalue weighted by Gasteiger charge is 2.26. The highest BCUT2D eigenvalue weighted by Crippen LogP contribution is 2.21. The van der Waals surface area contributed by atoms with Crippen LogP contribution in [0.4, 0.5) is 5.82 Å². The highest BCUT2D eigenvalue weighted by molar-refractivity contribution is 5.98. The molecule has 3 heteroatoms. The zero-order valence-corrected chi connectivity index (χ0v) is 8.53. The third-order valence-electron chi connectivity index (χ3n) is 2.47. The molecule has 1 amide bonds. The van der Waals surface area contributed by atoms with Gasteiger partial charge < -0.3 is 0 Å². The SMILES string of the molecule is CC(C)c1cccc(N2CCC2=O)n1. The Morgan fingerprint density at radius 2 is 2.21 bits per heavy atom. The molecule has 2 heterocycles. The van der Waals surface area contributed by atoms with E-state index in [1.807, 2.05) is 18.2 Å². The van der Waals surface area contributed by atoms with E-state index in [4.69, 9.17) is 0 Å². The number of nitrogens with zero attached hydrogens (tertiary/aromatic N) is 2. The van der Waals surface area contributed by atoms with Gasteiger partial charge in [-0.3, -0.25) is 9.69 Å². The predicted octanol–water partition coefficient (Wildman–Crippen LogP) is 1.94. The van der Waals surface area contributed by atoms with Gasteiger partial charge in [-0.15, -0.1) is 0 Å². The van der Waals surface area contributed by atoms with Crippen LogP contribution in [0.2, 0.25) is 0 Å². The zero-order valence-electron chi connectivity index (χ0n) is 8.53. The highest BCUT2D eigenvalue weighted by atomic mass is 16.2. The maximum atomic E-state index is 11.2. The summed E-state index contributed by atoms with van der Waals surface area (Å²) in [5, 5.41) is 0. The molecule has 2 rings (SSSR count). The normalized spacial score (nSPS) is 15.9. The molecular formula is C11H14N2O. The molecule has 14 heavy (non-hydrogen) atoms. The molecule has 3 nitrogen and oxygen atoms in total. The molecule has 1 aliphatic rings. The lowest BCUT2D eigenvalue weighted by Crippen LogP contribution is -2.44. The van der Waals surface area contributed by atoms with E-state index in [9.17, 15) is 4.79 Å². The average molecular weight is 190 g/mol. The van der Waals surface area contributed by atoms with Gasteiger partial charge in [0.1, 0.15) is 5.82 Å². The van der Waals surface area contributed by atoms with Gasteiger partial charge in [0.25, 0.3) is 0 Å². The number of hydrogen-bond donors (Lipinski definition) is 0. The molecule has 0 bridgehead atoms. The molecule has 1 fully saturated rings. The number of carbonyl (C=O) groups excluding carboxylic acids is 1. The second-order valence-electron chi connectivity index (χ2n) is 3.87. The Balaban J connectivity index is 2.26. The van der Waals surface area contributed by atoms with Crippen molar-refractivity contribution in [1.82, 2.24) is 4.98 Å². The van der Waals surface area contributed by atoms with Crippen LogP contribution in [0.15, 0.2) is 18.2 Å². The third kappa shape index (κ3) is 1.50. The molecule has 0 N–H and O–H groups in total. The number of rotatable bonds is 2. The van der Waals surface area contributed by atoms with Crippen molar-refractivity contribution < 1.29 is 4.79 Å². The minimum absolute atomic E-state index is 0.179. The van der Waals surface area contributed by atoms with Crippen LogP contribution in [0, 0.1) is 0 Å². The van der Waals surface area contributed by atoms with Gasteiger partial charge in [-0.2, -0.15) is 0 Å². The van der Waals surface area contributed by atoms with Crippen LogP contribution in [-0.2, 0) is 4.79 Å². The second-order valence-corrected chi connectivity index (χ2v) is 3.87. The molecule has 0 unspecified atom stereocenters. The Morgan fingerprint density at radius 3 is 2.71 bits per heavy atom. The molecule has 1 saturated heterocycles. The van der Waals surface area contributed by atoms with E-state index in [0.717, 1.165) is 18.1 Å². The van der Waals surface area contributed by atoms with Gasteiger partial charge in [-0.05, 0) is 18.1 Å². The Kier molecular flexibility index (Phi) is 2.23. The summed E-state index contributed by atoms with van der Waals surface area (Å²) in [6.07, 6.45) is 0.660. The van der Waals surface area contributed by atoms with Crippen molar-refractivity contribution >= 4 is 11.7 Å². The second kappa shape index (κ2) is 3.40. The topological polar surface area (TPSA) is 33.2 Å². The first-order valence-corrected chi connectivity index (χ1v) is 4.96. The molecule has 0 aromatic carbocycles. The lowest BCUT2D eigenvalue weighted by Gasteiger charge is -2.29. The maximum Gasteiger partial charge on any atom is 0.229 e. The van der Waals surface area contributed by atoms with Crippen molar-refractivity contribution in [2.45, 2.75) is 26.2 Å². The molecular weight excluding hydrogens is 176 g/mol. The Bertz CT molecular complexity index is 360. The van der Waals surface area contributed by atoms with Crippen molar-refractivity contribution in [2.24, 2.45) is 0 Å². The van der Waals surface area contributed by atoms with Gasteiger partial charge in [-0.25, -0.2) is 4.98 Å². The summed E-state index contributed by atoms with van der Waals surface area (Å²) in [5.41, 5.74) is 1.04. The molecule has 0 spiro atoms. The Hall–Kier alpha value is -1.38. The van der Waals surface area contributed by atoms with E-state index >= 15 is 0 Å². The van der Waals surface area contributed by atoms with E-state index in [1.54, 1.807) is 4.90 Å². The Labute approximate surface area is 83.8 Å². The van der Waals surface area contributed by atoms with E-state index in [2.05, 4.69) is 18.8 Å². The average Bonchev–Trinajstić information content (AvgIpc) is 2.16. The van der Waals surface area contributed by atoms with Crippen molar-refractivity contribution in [1.29, 1.82) is 0 Å². The fourth-order valence-electron chi connectivity index (χ4n) is 1.47. The number of pyridine rings is 1. The fraction of sp³-hybridized carbons (Fsp3) is 0.455. The molecule has 1 aromatic rings. The van der Waals surface area contributed by atoms with Crippen molar-refractivity contribution in [2.75, 3.05) is 11.4 Å². The minimum Gasteiger partial charge on any atom is -0.296 e. The minimum atomic E-state index is 0.179. The maximum absolute atomic E-state index is 11.2. The molecule has 74 valence electrons. The smallest absolute Gasteiger partial charge is 0.229 e. The van der Waals surface area contributed by atoms with Crippen LogP contribution in [0.25, 0.3) is 0 Å². The quantitative estimate of drug-likeness (QED) is 0.668. The van der Waals surface area contributed by atoms with Crippen molar-refractivity contribution in [3.63, 3.8) is 0 Å². The lowest BCUT2D eigenvalue weighted by atomic mass is 10.1. The summed E-state index contributed by atoms with van der Waals surface area (Å²) in [5.74, 6) is 1.39. The van der Waals surface area contributed by atoms with E-state index in [0.29, 0.717) is 12.3 Å². The summed E-state index contributed by atoms with van der Waals surface area (Å²) >= 11 is 0. The molecule has 1 aliphatic heterocycles. The number of carbonyl (C=O) groups is 1. The zero-order chi connectivity index (χ0) is 10.1. The van der Waals surface area contributed by atoms with Gasteiger partial charge in [-0.1, -0.05) is 19.9 Å². The molecule has 0 radical (unpaired) electrons. The molecule has 0 atom stereocenters. The summed E-state index contributed by atoms with van der Waals surface area (Å²) in [4.78, 5) is 17.4. The van der Waals surface area contributed by atoms with Gasteiger partial charge >= 0.3 is 0 Å². The van der Waals surface area contributed by atoms with Crippen LogP contribution >= 0.6 is 0 Å². The van der Waals surface area contributed by atoms with Crippen LogP contribution in [0.1, 0.15) is 31.9 Å². The summed E-state index contributed by atoms with van der Waals surface area (Å²) in [6, 6.07) is 5.85. The lowest BCUT2D eigenvalue weighted by molar-refractivity contribution is -0.122.